The standard InChI is InChI=1S/C22H25N5O2S/c1-17-7-9-18(10-8-17)15-23-20(28)16-30-22-25-24-21(26-11-13-29-14-12-26)27(22)19-5-3-2-4-6-19/h2-10H,11-16H2,1H3,(H,23,28). The van der Waals surface area contributed by atoms with Gasteiger partial charge in [-0.1, -0.05) is 59.8 Å². The summed E-state index contributed by atoms with van der Waals surface area (Å²) in [6, 6.07) is 18.2. The number of nitrogens with one attached hydrogen (secondary N) is 1. The number of aryl methyl sites for hydroxylation is 1. The first kappa shape index (κ1) is 20.4. The van der Waals surface area contributed by atoms with Crippen molar-refractivity contribution in [1.82, 2.24) is 20.1 Å². The molecular weight excluding hydrogens is 398 g/mol. The van der Waals surface area contributed by atoms with Crippen molar-refractivity contribution in [3.63, 3.8) is 0 Å². The molecule has 1 aliphatic heterocycles. The van der Waals surface area contributed by atoms with Crippen LogP contribution in [0.2, 0.25) is 0 Å². The number of ether oxygens (including phenoxy) is 1. The second-order valence-electron chi connectivity index (χ2n) is 7.10. The second kappa shape index (κ2) is 9.77. The molecule has 1 aliphatic rings. The molecule has 3 aromatic rings. The number of hydrogen-bond donors (Lipinski definition) is 1. The number of benzene rings is 2. The highest BCUT2D eigenvalue weighted by atomic mass is 32.2. The van der Waals surface area contributed by atoms with E-state index in [1.807, 2.05) is 66.1 Å². The summed E-state index contributed by atoms with van der Waals surface area (Å²) in [4.78, 5) is 14.6. The Morgan fingerprint density at radius 1 is 1.07 bits per heavy atom. The Hall–Kier alpha value is -2.84. The molecule has 2 heterocycles. The molecule has 1 saturated heterocycles. The third-order valence-electron chi connectivity index (χ3n) is 4.87. The van der Waals surface area contributed by atoms with Crippen LogP contribution in [0.4, 0.5) is 5.95 Å². The average molecular weight is 424 g/mol. The van der Waals surface area contributed by atoms with E-state index in [0.717, 1.165) is 30.3 Å². The first-order chi connectivity index (χ1) is 14.7. The molecule has 0 radical (unpaired) electrons. The third-order valence-corrected chi connectivity index (χ3v) is 5.80. The topological polar surface area (TPSA) is 72.3 Å². The molecule has 1 amide bonds. The van der Waals surface area contributed by atoms with Crippen LogP contribution in [0.25, 0.3) is 5.69 Å². The van der Waals surface area contributed by atoms with Gasteiger partial charge in [0.1, 0.15) is 0 Å². The van der Waals surface area contributed by atoms with E-state index < -0.39 is 0 Å². The summed E-state index contributed by atoms with van der Waals surface area (Å²) in [5.74, 6) is 1.03. The fraction of sp³-hybridized carbons (Fsp3) is 0.318. The predicted octanol–water partition coefficient (Wildman–Crippen LogP) is 2.82. The molecule has 0 atom stereocenters. The number of carbonyl (C=O) groups excluding carboxylic acids is 1. The number of thioether (sulfide) groups is 1. The lowest BCUT2D eigenvalue weighted by Crippen LogP contribution is -2.37. The summed E-state index contributed by atoms with van der Waals surface area (Å²) in [5, 5.41) is 12.5. The van der Waals surface area contributed by atoms with Gasteiger partial charge in [0, 0.05) is 19.6 Å². The average Bonchev–Trinajstić information content (AvgIpc) is 3.22. The number of para-hydroxylation sites is 1. The van der Waals surface area contributed by atoms with Crippen molar-refractivity contribution in [3.8, 4) is 5.69 Å². The van der Waals surface area contributed by atoms with Gasteiger partial charge >= 0.3 is 0 Å². The van der Waals surface area contributed by atoms with Gasteiger partial charge < -0.3 is 15.0 Å². The van der Waals surface area contributed by atoms with Crippen molar-refractivity contribution in [2.24, 2.45) is 0 Å². The third kappa shape index (κ3) is 5.01. The van der Waals surface area contributed by atoms with E-state index >= 15 is 0 Å². The molecule has 0 bridgehead atoms. The van der Waals surface area contributed by atoms with E-state index in [1.165, 1.54) is 17.3 Å². The number of amides is 1. The Bertz CT molecular complexity index is 969. The van der Waals surface area contributed by atoms with Crippen molar-refractivity contribution >= 4 is 23.6 Å². The molecule has 2 aromatic carbocycles. The van der Waals surface area contributed by atoms with Crippen LogP contribution in [0.3, 0.4) is 0 Å². The first-order valence-corrected chi connectivity index (χ1v) is 11.0. The molecular formula is C22H25N5O2S. The summed E-state index contributed by atoms with van der Waals surface area (Å²) in [6.07, 6.45) is 0. The number of anilines is 1. The van der Waals surface area contributed by atoms with Crippen molar-refractivity contribution in [2.45, 2.75) is 18.6 Å². The monoisotopic (exact) mass is 423 g/mol. The summed E-state index contributed by atoms with van der Waals surface area (Å²) in [6.45, 7) is 5.45. The van der Waals surface area contributed by atoms with Gasteiger partial charge in [-0.2, -0.15) is 0 Å². The molecule has 7 nitrogen and oxygen atoms in total. The van der Waals surface area contributed by atoms with Gasteiger partial charge in [-0.25, -0.2) is 0 Å². The minimum atomic E-state index is -0.0314. The van der Waals surface area contributed by atoms with Gasteiger partial charge in [-0.15, -0.1) is 10.2 Å². The summed E-state index contributed by atoms with van der Waals surface area (Å²) in [5.41, 5.74) is 3.27. The zero-order valence-electron chi connectivity index (χ0n) is 17.0. The minimum absolute atomic E-state index is 0.0314. The van der Waals surface area contributed by atoms with Crippen molar-refractivity contribution < 1.29 is 9.53 Å². The van der Waals surface area contributed by atoms with Gasteiger partial charge in [0.25, 0.3) is 0 Å². The van der Waals surface area contributed by atoms with Gasteiger partial charge in [0.2, 0.25) is 11.9 Å². The maximum absolute atomic E-state index is 12.4. The highest BCUT2D eigenvalue weighted by Crippen LogP contribution is 2.27. The van der Waals surface area contributed by atoms with E-state index in [2.05, 4.69) is 20.4 Å². The van der Waals surface area contributed by atoms with Gasteiger partial charge in [0.15, 0.2) is 5.16 Å². The molecule has 0 unspecified atom stereocenters. The second-order valence-corrected chi connectivity index (χ2v) is 8.05. The van der Waals surface area contributed by atoms with Gasteiger partial charge in [-0.05, 0) is 24.6 Å². The Balaban J connectivity index is 1.44. The van der Waals surface area contributed by atoms with Crippen LogP contribution in [0, 0.1) is 6.92 Å². The largest absolute Gasteiger partial charge is 0.378 e. The van der Waals surface area contributed by atoms with Crippen LogP contribution in [-0.2, 0) is 16.1 Å². The molecule has 0 saturated carbocycles. The predicted molar refractivity (Wildman–Crippen MR) is 118 cm³/mol. The number of hydrogen-bond acceptors (Lipinski definition) is 6. The molecule has 0 spiro atoms. The SMILES string of the molecule is Cc1ccc(CNC(=O)CSc2nnc(N3CCOCC3)n2-c2ccccc2)cc1. The number of rotatable bonds is 7. The van der Waals surface area contributed by atoms with Crippen LogP contribution in [-0.4, -0.2) is 52.7 Å². The molecule has 1 N–H and O–H groups in total. The van der Waals surface area contributed by atoms with E-state index in [0.29, 0.717) is 24.9 Å². The quantitative estimate of drug-likeness (QED) is 0.589. The van der Waals surface area contributed by atoms with Crippen molar-refractivity contribution in [2.75, 3.05) is 37.0 Å². The van der Waals surface area contributed by atoms with Crippen LogP contribution in [0.5, 0.6) is 0 Å². The zero-order valence-corrected chi connectivity index (χ0v) is 17.8. The normalized spacial score (nSPS) is 14.0. The number of nitrogens with zero attached hydrogens (tertiary/aromatic N) is 4. The number of carbonyl (C=O) groups is 1. The van der Waals surface area contributed by atoms with Crippen molar-refractivity contribution in [3.05, 3.63) is 65.7 Å². The molecule has 156 valence electrons. The summed E-state index contributed by atoms with van der Waals surface area (Å²) < 4.78 is 7.48. The Morgan fingerprint density at radius 3 is 2.53 bits per heavy atom. The highest BCUT2D eigenvalue weighted by molar-refractivity contribution is 7.99. The van der Waals surface area contributed by atoms with Crippen LogP contribution < -0.4 is 10.2 Å². The van der Waals surface area contributed by atoms with Crippen LogP contribution in [0.15, 0.2) is 59.8 Å². The molecule has 1 fully saturated rings. The fourth-order valence-corrected chi connectivity index (χ4v) is 3.99. The fourth-order valence-electron chi connectivity index (χ4n) is 3.21. The highest BCUT2D eigenvalue weighted by Gasteiger charge is 2.22. The number of morpholine rings is 1. The molecule has 4 rings (SSSR count). The van der Waals surface area contributed by atoms with E-state index in [1.54, 1.807) is 0 Å². The smallest absolute Gasteiger partial charge is 0.232 e. The van der Waals surface area contributed by atoms with Gasteiger partial charge in [-0.3, -0.25) is 9.36 Å². The minimum Gasteiger partial charge on any atom is -0.378 e. The molecule has 30 heavy (non-hydrogen) atoms. The maximum atomic E-state index is 12.4. The van der Waals surface area contributed by atoms with Crippen LogP contribution >= 0.6 is 11.8 Å². The lowest BCUT2D eigenvalue weighted by molar-refractivity contribution is -0.118. The molecule has 0 aliphatic carbocycles. The summed E-state index contributed by atoms with van der Waals surface area (Å²) in [7, 11) is 0. The first-order valence-electron chi connectivity index (χ1n) is 9.99. The Morgan fingerprint density at radius 2 is 1.80 bits per heavy atom. The molecule has 8 heteroatoms. The van der Waals surface area contributed by atoms with Gasteiger partial charge in [0.05, 0.1) is 24.7 Å². The van der Waals surface area contributed by atoms with Crippen molar-refractivity contribution in [1.29, 1.82) is 0 Å². The Labute approximate surface area is 180 Å². The summed E-state index contributed by atoms with van der Waals surface area (Å²) >= 11 is 1.39. The Kier molecular flexibility index (Phi) is 6.66. The zero-order chi connectivity index (χ0) is 20.8. The molecule has 1 aromatic heterocycles. The maximum Gasteiger partial charge on any atom is 0.232 e. The number of aromatic nitrogens is 3. The lowest BCUT2D eigenvalue weighted by Gasteiger charge is -2.27. The van der Waals surface area contributed by atoms with E-state index in [-0.39, 0.29) is 11.7 Å². The lowest BCUT2D eigenvalue weighted by atomic mass is 10.1. The van der Waals surface area contributed by atoms with E-state index in [9.17, 15) is 4.79 Å². The van der Waals surface area contributed by atoms with E-state index in [4.69, 9.17) is 4.74 Å². The van der Waals surface area contributed by atoms with Crippen LogP contribution in [0.1, 0.15) is 11.1 Å².